The van der Waals surface area contributed by atoms with Crippen LogP contribution in [-0.4, -0.2) is 27.1 Å². The standard InChI is InChI=1S/C22H35N3O/c1-17-21(18(2)24(3)23-17)16-25(15-19-11-7-6-8-12-19)22(26)20-13-9-4-5-10-14-20/h6-7,19-20H,4-5,8-16H2,1-3H3. The molecule has 1 saturated carbocycles. The molecule has 0 radical (unpaired) electrons. The molecular weight excluding hydrogens is 322 g/mol. The first-order valence-electron chi connectivity index (χ1n) is 10.5. The SMILES string of the molecule is Cc1nn(C)c(C)c1CN(CC1CC=CCC1)C(=O)C1CCCCCC1. The molecule has 1 aromatic rings. The van der Waals surface area contributed by atoms with Crippen molar-refractivity contribution < 1.29 is 4.79 Å². The Morgan fingerprint density at radius 3 is 2.46 bits per heavy atom. The zero-order valence-corrected chi connectivity index (χ0v) is 16.8. The van der Waals surface area contributed by atoms with E-state index in [9.17, 15) is 4.79 Å². The monoisotopic (exact) mass is 357 g/mol. The van der Waals surface area contributed by atoms with E-state index in [0.29, 0.717) is 11.8 Å². The number of allylic oxidation sites excluding steroid dienone is 2. The molecule has 1 fully saturated rings. The van der Waals surface area contributed by atoms with Crippen LogP contribution in [0.1, 0.15) is 74.7 Å². The van der Waals surface area contributed by atoms with Gasteiger partial charge in [-0.2, -0.15) is 5.10 Å². The molecule has 0 spiro atoms. The third-order valence-corrected chi connectivity index (χ3v) is 6.38. The van der Waals surface area contributed by atoms with Crippen molar-refractivity contribution in [2.45, 2.75) is 78.2 Å². The normalized spacial score (nSPS) is 21.6. The molecule has 0 aliphatic heterocycles. The number of carbonyl (C=O) groups excluding carboxylic acids is 1. The summed E-state index contributed by atoms with van der Waals surface area (Å²) < 4.78 is 1.95. The van der Waals surface area contributed by atoms with Crippen molar-refractivity contribution in [1.82, 2.24) is 14.7 Å². The van der Waals surface area contributed by atoms with Gasteiger partial charge in [-0.1, -0.05) is 37.8 Å². The van der Waals surface area contributed by atoms with Crippen LogP contribution in [-0.2, 0) is 18.4 Å². The first kappa shape index (κ1) is 19.2. The van der Waals surface area contributed by atoms with Crippen LogP contribution in [0.15, 0.2) is 12.2 Å². The maximum atomic E-state index is 13.4. The molecule has 0 N–H and O–H groups in total. The molecule has 4 heteroatoms. The Morgan fingerprint density at radius 2 is 1.88 bits per heavy atom. The van der Waals surface area contributed by atoms with E-state index in [1.807, 2.05) is 11.7 Å². The summed E-state index contributed by atoms with van der Waals surface area (Å²) in [6.45, 7) is 5.81. The van der Waals surface area contributed by atoms with Gasteiger partial charge in [0.1, 0.15) is 0 Å². The molecule has 1 heterocycles. The lowest BCUT2D eigenvalue weighted by Crippen LogP contribution is -2.39. The van der Waals surface area contributed by atoms with Crippen molar-refractivity contribution in [1.29, 1.82) is 0 Å². The van der Waals surface area contributed by atoms with Crippen molar-refractivity contribution in [3.05, 3.63) is 29.1 Å². The van der Waals surface area contributed by atoms with Crippen LogP contribution in [0.4, 0.5) is 0 Å². The Morgan fingerprint density at radius 1 is 1.15 bits per heavy atom. The summed E-state index contributed by atoms with van der Waals surface area (Å²) in [5, 5.41) is 4.56. The Balaban J connectivity index is 1.78. The van der Waals surface area contributed by atoms with Crippen molar-refractivity contribution in [2.75, 3.05) is 6.54 Å². The van der Waals surface area contributed by atoms with E-state index < -0.39 is 0 Å². The number of rotatable bonds is 5. The maximum Gasteiger partial charge on any atom is 0.225 e. The highest BCUT2D eigenvalue weighted by molar-refractivity contribution is 5.79. The lowest BCUT2D eigenvalue weighted by Gasteiger charge is -2.31. The lowest BCUT2D eigenvalue weighted by atomic mass is 9.92. The topological polar surface area (TPSA) is 38.1 Å². The van der Waals surface area contributed by atoms with Crippen LogP contribution < -0.4 is 0 Å². The fourth-order valence-electron chi connectivity index (χ4n) is 4.59. The first-order chi connectivity index (χ1) is 12.6. The van der Waals surface area contributed by atoms with Gasteiger partial charge in [-0.05, 0) is 51.9 Å². The largest absolute Gasteiger partial charge is 0.338 e. The van der Waals surface area contributed by atoms with Gasteiger partial charge in [-0.3, -0.25) is 9.48 Å². The minimum atomic E-state index is 0.230. The number of hydrogen-bond donors (Lipinski definition) is 0. The second-order valence-electron chi connectivity index (χ2n) is 8.33. The summed E-state index contributed by atoms with van der Waals surface area (Å²) in [5.74, 6) is 1.23. The van der Waals surface area contributed by atoms with E-state index in [1.54, 1.807) is 0 Å². The second-order valence-corrected chi connectivity index (χ2v) is 8.33. The summed E-state index contributed by atoms with van der Waals surface area (Å²) in [5.41, 5.74) is 3.48. The van der Waals surface area contributed by atoms with Crippen molar-refractivity contribution in [3.8, 4) is 0 Å². The van der Waals surface area contributed by atoms with E-state index in [2.05, 4.69) is 36.0 Å². The quantitative estimate of drug-likeness (QED) is 0.566. The lowest BCUT2D eigenvalue weighted by molar-refractivity contribution is -0.137. The predicted molar refractivity (Wildman–Crippen MR) is 106 cm³/mol. The van der Waals surface area contributed by atoms with Gasteiger partial charge in [-0.15, -0.1) is 0 Å². The Hall–Kier alpha value is -1.58. The van der Waals surface area contributed by atoms with Gasteiger partial charge in [-0.25, -0.2) is 0 Å². The summed E-state index contributed by atoms with van der Waals surface area (Å²) in [7, 11) is 2.00. The van der Waals surface area contributed by atoms with E-state index >= 15 is 0 Å². The van der Waals surface area contributed by atoms with Crippen molar-refractivity contribution in [3.63, 3.8) is 0 Å². The third-order valence-electron chi connectivity index (χ3n) is 6.38. The van der Waals surface area contributed by atoms with Gasteiger partial charge in [0, 0.05) is 37.3 Å². The van der Waals surface area contributed by atoms with Crippen molar-refractivity contribution in [2.24, 2.45) is 18.9 Å². The molecule has 3 rings (SSSR count). The highest BCUT2D eigenvalue weighted by atomic mass is 16.2. The maximum absolute atomic E-state index is 13.4. The van der Waals surface area contributed by atoms with E-state index in [0.717, 1.165) is 44.5 Å². The zero-order chi connectivity index (χ0) is 18.5. The Kier molecular flexibility index (Phi) is 6.55. The van der Waals surface area contributed by atoms with Crippen LogP contribution in [0, 0.1) is 25.7 Å². The van der Waals surface area contributed by atoms with Gasteiger partial charge in [0.2, 0.25) is 5.91 Å². The molecule has 144 valence electrons. The van der Waals surface area contributed by atoms with Crippen LogP contribution in [0.2, 0.25) is 0 Å². The molecule has 0 bridgehead atoms. The van der Waals surface area contributed by atoms with E-state index in [4.69, 9.17) is 0 Å². The van der Waals surface area contributed by atoms with Gasteiger partial charge in [0.15, 0.2) is 0 Å². The molecule has 0 aromatic carbocycles. The summed E-state index contributed by atoms with van der Waals surface area (Å²) in [6.07, 6.45) is 15.2. The molecule has 1 aromatic heterocycles. The van der Waals surface area contributed by atoms with E-state index in [1.165, 1.54) is 43.4 Å². The van der Waals surface area contributed by atoms with Crippen LogP contribution in [0.25, 0.3) is 0 Å². The van der Waals surface area contributed by atoms with Crippen LogP contribution in [0.3, 0.4) is 0 Å². The highest BCUT2D eigenvalue weighted by Gasteiger charge is 2.28. The number of carbonyl (C=O) groups is 1. The fraction of sp³-hybridized carbons (Fsp3) is 0.727. The number of nitrogens with zero attached hydrogens (tertiary/aromatic N) is 3. The minimum absolute atomic E-state index is 0.230. The Bertz CT molecular complexity index is 638. The molecule has 1 atom stereocenters. The summed E-state index contributed by atoms with van der Waals surface area (Å²) in [4.78, 5) is 15.6. The highest BCUT2D eigenvalue weighted by Crippen LogP contribution is 2.28. The summed E-state index contributed by atoms with van der Waals surface area (Å²) in [6, 6.07) is 0. The molecule has 1 amide bonds. The van der Waals surface area contributed by atoms with Gasteiger partial charge < -0.3 is 4.90 Å². The number of aryl methyl sites for hydroxylation is 2. The average molecular weight is 358 g/mol. The average Bonchev–Trinajstić information content (AvgIpc) is 2.85. The molecule has 4 nitrogen and oxygen atoms in total. The Labute approximate surface area is 158 Å². The first-order valence-corrected chi connectivity index (χ1v) is 10.5. The zero-order valence-electron chi connectivity index (χ0n) is 16.8. The smallest absolute Gasteiger partial charge is 0.225 e. The molecule has 2 aliphatic carbocycles. The minimum Gasteiger partial charge on any atom is -0.338 e. The van der Waals surface area contributed by atoms with Crippen molar-refractivity contribution >= 4 is 5.91 Å². The summed E-state index contributed by atoms with van der Waals surface area (Å²) >= 11 is 0. The number of aromatic nitrogens is 2. The van der Waals surface area contributed by atoms with Gasteiger partial charge in [0.25, 0.3) is 0 Å². The van der Waals surface area contributed by atoms with Crippen LogP contribution in [0.5, 0.6) is 0 Å². The van der Waals surface area contributed by atoms with Gasteiger partial charge >= 0.3 is 0 Å². The molecule has 2 aliphatic rings. The van der Waals surface area contributed by atoms with Crippen LogP contribution >= 0.6 is 0 Å². The second kappa shape index (κ2) is 8.88. The molecule has 0 saturated heterocycles. The fourth-order valence-corrected chi connectivity index (χ4v) is 4.59. The van der Waals surface area contributed by atoms with E-state index in [-0.39, 0.29) is 5.92 Å². The number of hydrogen-bond acceptors (Lipinski definition) is 2. The van der Waals surface area contributed by atoms with Gasteiger partial charge in [0.05, 0.1) is 5.69 Å². The molecular formula is C22H35N3O. The molecule has 26 heavy (non-hydrogen) atoms. The predicted octanol–water partition coefficient (Wildman–Crippen LogP) is 4.69. The molecule has 1 unspecified atom stereocenters. The third kappa shape index (κ3) is 4.57. The number of amides is 1.